The quantitative estimate of drug-likeness (QED) is 0.500. The number of esters is 1. The molecule has 9 heteroatoms. The van der Waals surface area contributed by atoms with Crippen LogP contribution in [0.15, 0.2) is 53.0 Å². The summed E-state index contributed by atoms with van der Waals surface area (Å²) in [6, 6.07) is 11.0. The third kappa shape index (κ3) is 6.20. The summed E-state index contributed by atoms with van der Waals surface area (Å²) in [7, 11) is 0. The number of nitrogens with one attached hydrogen (secondary N) is 1. The van der Waals surface area contributed by atoms with Gasteiger partial charge in [0.05, 0.1) is 23.1 Å². The molecule has 0 spiro atoms. The molecule has 2 aromatic rings. The van der Waals surface area contributed by atoms with E-state index in [1.807, 2.05) is 48.4 Å². The Labute approximate surface area is 235 Å². The van der Waals surface area contributed by atoms with E-state index < -0.39 is 12.0 Å². The summed E-state index contributed by atoms with van der Waals surface area (Å²) in [5, 5.41) is 4.97. The van der Waals surface area contributed by atoms with Gasteiger partial charge in [-0.15, -0.1) is 11.3 Å². The lowest BCUT2D eigenvalue weighted by Gasteiger charge is -2.42. The number of hydrogen-bond acceptors (Lipinski definition) is 6. The van der Waals surface area contributed by atoms with Gasteiger partial charge in [-0.25, -0.2) is 9.59 Å². The lowest BCUT2D eigenvalue weighted by molar-refractivity contribution is -0.139. The molecule has 4 rings (SSSR count). The number of piperazine rings is 1. The van der Waals surface area contributed by atoms with Crippen molar-refractivity contribution in [1.82, 2.24) is 20.0 Å². The number of likely N-dealkylation sites (N-methyl/N-ethyl adjacent to an activating group) is 1. The number of benzene rings is 1. The molecule has 1 aromatic carbocycles. The number of hydrogen-bond donors (Lipinski definition) is 1. The second-order valence-corrected chi connectivity index (χ2v) is 12.1. The Morgan fingerprint density at radius 2 is 1.82 bits per heavy atom. The molecule has 0 saturated carbocycles. The Morgan fingerprint density at radius 1 is 1.10 bits per heavy atom. The van der Waals surface area contributed by atoms with Gasteiger partial charge in [-0.1, -0.05) is 51.1 Å². The SMILES string of the molecule is CCOC(=O)C1=C(CN2CCN(C(=O)c3cccs3)[C@H](C)C2)N(CC)C(=O)N[C@@H]1c1ccc(C(C)(C)C)cc1. The van der Waals surface area contributed by atoms with E-state index in [2.05, 4.69) is 43.1 Å². The van der Waals surface area contributed by atoms with E-state index in [1.165, 1.54) is 16.9 Å². The predicted molar refractivity (Wildman–Crippen MR) is 154 cm³/mol. The van der Waals surface area contributed by atoms with Crippen LogP contribution in [0.1, 0.15) is 68.4 Å². The molecule has 0 bridgehead atoms. The average molecular weight is 553 g/mol. The standard InChI is InChI=1S/C30H40N4O4S/c1-7-33-23(19-32-15-16-34(20(3)18-32)27(35)24-10-9-17-39-24)25(28(36)38-8-2)26(31-29(33)37)21-11-13-22(14-12-21)30(4,5)6/h9-14,17,20,26H,7-8,15-16,18-19H2,1-6H3,(H,31,37)/t20-,26-/m1/s1. The van der Waals surface area contributed by atoms with E-state index in [9.17, 15) is 14.4 Å². The van der Waals surface area contributed by atoms with Crippen molar-refractivity contribution < 1.29 is 19.1 Å². The third-order valence-electron chi connectivity index (χ3n) is 7.44. The van der Waals surface area contributed by atoms with Gasteiger partial charge in [-0.3, -0.25) is 14.6 Å². The molecule has 0 unspecified atom stereocenters. The van der Waals surface area contributed by atoms with E-state index in [-0.39, 0.29) is 30.0 Å². The second-order valence-electron chi connectivity index (χ2n) is 11.1. The number of amides is 3. The Balaban J connectivity index is 1.65. The van der Waals surface area contributed by atoms with E-state index in [0.717, 1.165) is 10.4 Å². The van der Waals surface area contributed by atoms with Gasteiger partial charge in [0.25, 0.3) is 5.91 Å². The molecule has 1 N–H and O–H groups in total. The lowest BCUT2D eigenvalue weighted by Crippen LogP contribution is -2.56. The number of nitrogens with zero attached hydrogens (tertiary/aromatic N) is 3. The highest BCUT2D eigenvalue weighted by atomic mass is 32.1. The molecule has 2 atom stereocenters. The maximum absolute atomic E-state index is 13.4. The fraction of sp³-hybridized carbons (Fsp3) is 0.500. The molecular formula is C30H40N4O4S. The smallest absolute Gasteiger partial charge is 0.338 e. The lowest BCUT2D eigenvalue weighted by atomic mass is 9.85. The Morgan fingerprint density at radius 3 is 2.38 bits per heavy atom. The van der Waals surface area contributed by atoms with Gasteiger partial charge in [0, 0.05) is 44.5 Å². The van der Waals surface area contributed by atoms with Crippen molar-refractivity contribution in [2.75, 3.05) is 39.3 Å². The van der Waals surface area contributed by atoms with Crippen LogP contribution >= 0.6 is 11.3 Å². The van der Waals surface area contributed by atoms with Crippen molar-refractivity contribution in [3.8, 4) is 0 Å². The minimum Gasteiger partial charge on any atom is -0.463 e. The fourth-order valence-electron chi connectivity index (χ4n) is 5.32. The van der Waals surface area contributed by atoms with Crippen LogP contribution in [0.25, 0.3) is 0 Å². The van der Waals surface area contributed by atoms with E-state index in [1.54, 1.807) is 11.8 Å². The van der Waals surface area contributed by atoms with Crippen LogP contribution in [-0.2, 0) is 14.9 Å². The van der Waals surface area contributed by atoms with E-state index >= 15 is 0 Å². The summed E-state index contributed by atoms with van der Waals surface area (Å²) in [6.45, 7) is 15.1. The Hall–Kier alpha value is -3.17. The van der Waals surface area contributed by atoms with Gasteiger partial charge >= 0.3 is 12.0 Å². The first-order chi connectivity index (χ1) is 18.5. The molecule has 0 aliphatic carbocycles. The summed E-state index contributed by atoms with van der Waals surface area (Å²) >= 11 is 1.45. The Bertz CT molecular complexity index is 1220. The fourth-order valence-corrected chi connectivity index (χ4v) is 5.99. The van der Waals surface area contributed by atoms with Crippen LogP contribution in [0.2, 0.25) is 0 Å². The summed E-state index contributed by atoms with van der Waals surface area (Å²) in [4.78, 5) is 46.3. The normalized spacial score (nSPS) is 20.7. The first-order valence-electron chi connectivity index (χ1n) is 13.7. The van der Waals surface area contributed by atoms with E-state index in [4.69, 9.17) is 4.74 Å². The highest BCUT2D eigenvalue weighted by Crippen LogP contribution is 2.34. The molecule has 210 valence electrons. The zero-order valence-corrected chi connectivity index (χ0v) is 24.6. The van der Waals surface area contributed by atoms with Crippen LogP contribution in [-0.4, -0.2) is 78.0 Å². The highest BCUT2D eigenvalue weighted by molar-refractivity contribution is 7.12. The number of carbonyl (C=O) groups excluding carboxylic acids is 3. The van der Waals surface area contributed by atoms with Crippen molar-refractivity contribution in [1.29, 1.82) is 0 Å². The zero-order chi connectivity index (χ0) is 28.3. The largest absolute Gasteiger partial charge is 0.463 e. The maximum atomic E-state index is 13.4. The van der Waals surface area contributed by atoms with Crippen LogP contribution in [0, 0.1) is 0 Å². The molecule has 8 nitrogen and oxygen atoms in total. The summed E-state index contributed by atoms with van der Waals surface area (Å²) in [5.41, 5.74) is 3.13. The van der Waals surface area contributed by atoms with Crippen molar-refractivity contribution >= 4 is 29.2 Å². The molecule has 0 radical (unpaired) electrons. The maximum Gasteiger partial charge on any atom is 0.338 e. The van der Waals surface area contributed by atoms with Gasteiger partial charge < -0.3 is 15.0 Å². The molecule has 1 aromatic heterocycles. The molecule has 39 heavy (non-hydrogen) atoms. The van der Waals surface area contributed by atoms with Crippen molar-refractivity contribution in [2.24, 2.45) is 0 Å². The minimum absolute atomic E-state index is 0.00627. The first-order valence-corrected chi connectivity index (χ1v) is 14.6. The number of urea groups is 1. The zero-order valence-electron chi connectivity index (χ0n) is 23.8. The molecule has 3 heterocycles. The summed E-state index contributed by atoms with van der Waals surface area (Å²) in [6.07, 6.45) is 0. The third-order valence-corrected chi connectivity index (χ3v) is 8.30. The van der Waals surface area contributed by atoms with Gasteiger partial charge in [-0.05, 0) is 48.8 Å². The number of carbonyl (C=O) groups is 3. The van der Waals surface area contributed by atoms with Crippen molar-refractivity contribution in [3.63, 3.8) is 0 Å². The molecule has 1 saturated heterocycles. The van der Waals surface area contributed by atoms with Crippen molar-refractivity contribution in [2.45, 2.75) is 59.0 Å². The van der Waals surface area contributed by atoms with E-state index in [0.29, 0.717) is 44.0 Å². The average Bonchev–Trinajstić information content (AvgIpc) is 3.43. The van der Waals surface area contributed by atoms with Gasteiger partial charge in [0.1, 0.15) is 0 Å². The molecule has 3 amide bonds. The minimum atomic E-state index is -0.609. The number of rotatable bonds is 7. The predicted octanol–water partition coefficient (Wildman–Crippen LogP) is 4.80. The van der Waals surface area contributed by atoms with Crippen LogP contribution < -0.4 is 5.32 Å². The number of thiophene rings is 1. The molecule has 1 fully saturated rings. The highest BCUT2D eigenvalue weighted by Gasteiger charge is 2.39. The summed E-state index contributed by atoms with van der Waals surface area (Å²) < 4.78 is 5.52. The molecule has 2 aliphatic rings. The van der Waals surface area contributed by atoms with Gasteiger partial charge in [0.2, 0.25) is 0 Å². The molecule has 2 aliphatic heterocycles. The summed E-state index contributed by atoms with van der Waals surface area (Å²) in [5.74, 6) is -0.370. The monoisotopic (exact) mass is 552 g/mol. The van der Waals surface area contributed by atoms with Gasteiger partial charge in [-0.2, -0.15) is 0 Å². The Kier molecular flexibility index (Phi) is 8.81. The van der Waals surface area contributed by atoms with Gasteiger partial charge in [0.15, 0.2) is 0 Å². The topological polar surface area (TPSA) is 82.2 Å². The van der Waals surface area contributed by atoms with Crippen molar-refractivity contribution in [3.05, 3.63) is 69.1 Å². The van der Waals surface area contributed by atoms with Crippen LogP contribution in [0.3, 0.4) is 0 Å². The number of ether oxygens (including phenoxy) is 1. The van der Waals surface area contributed by atoms with Crippen LogP contribution in [0.5, 0.6) is 0 Å². The van der Waals surface area contributed by atoms with Crippen LogP contribution in [0.4, 0.5) is 4.79 Å². The first kappa shape index (κ1) is 28.8. The molecular weight excluding hydrogens is 512 g/mol. The second kappa shape index (κ2) is 11.9.